The number of benzene rings is 1. The minimum absolute atomic E-state index is 0.166. The zero-order valence-electron chi connectivity index (χ0n) is 10.1. The topological polar surface area (TPSA) is 47.6 Å². The molecule has 4 heteroatoms. The number of methoxy groups -OCH3 is 1. The van der Waals surface area contributed by atoms with Gasteiger partial charge < -0.3 is 14.8 Å². The Bertz CT molecular complexity index is 373. The molecule has 0 radical (unpaired) electrons. The predicted molar refractivity (Wildman–Crippen MR) is 66.3 cm³/mol. The maximum Gasteiger partial charge on any atom is 0.261 e. The summed E-state index contributed by atoms with van der Waals surface area (Å²) >= 11 is 0. The third-order valence-corrected chi connectivity index (χ3v) is 2.16. The summed E-state index contributed by atoms with van der Waals surface area (Å²) in [5.74, 6) is 1.22. The van der Waals surface area contributed by atoms with Gasteiger partial charge in [-0.1, -0.05) is 6.08 Å². The Morgan fingerprint density at radius 2 is 2.00 bits per heavy atom. The molecule has 17 heavy (non-hydrogen) atoms. The average Bonchev–Trinajstić information content (AvgIpc) is 2.36. The highest BCUT2D eigenvalue weighted by atomic mass is 16.5. The number of nitrogens with one attached hydrogen (secondary N) is 1. The van der Waals surface area contributed by atoms with E-state index in [2.05, 4.69) is 11.9 Å². The van der Waals surface area contributed by atoms with E-state index in [9.17, 15) is 4.79 Å². The van der Waals surface area contributed by atoms with Gasteiger partial charge in [-0.3, -0.25) is 4.79 Å². The van der Waals surface area contributed by atoms with Gasteiger partial charge in [-0.25, -0.2) is 0 Å². The number of amides is 1. The van der Waals surface area contributed by atoms with Gasteiger partial charge in [-0.05, 0) is 31.2 Å². The molecule has 1 N–H and O–H groups in total. The van der Waals surface area contributed by atoms with E-state index in [1.807, 2.05) is 0 Å². The van der Waals surface area contributed by atoms with Gasteiger partial charge in [-0.15, -0.1) is 6.58 Å². The van der Waals surface area contributed by atoms with Gasteiger partial charge in [0.05, 0.1) is 7.11 Å². The lowest BCUT2D eigenvalue weighted by atomic mass is 10.3. The lowest BCUT2D eigenvalue weighted by Gasteiger charge is -2.14. The Hall–Kier alpha value is -1.97. The zero-order chi connectivity index (χ0) is 12.7. The molecule has 0 aliphatic rings. The minimum Gasteiger partial charge on any atom is -0.497 e. The van der Waals surface area contributed by atoms with E-state index in [4.69, 9.17) is 9.47 Å². The van der Waals surface area contributed by atoms with Crippen molar-refractivity contribution in [3.05, 3.63) is 36.9 Å². The lowest BCUT2D eigenvalue weighted by molar-refractivity contribution is -0.127. The van der Waals surface area contributed by atoms with Gasteiger partial charge in [0.25, 0.3) is 5.91 Å². The van der Waals surface area contributed by atoms with Crippen molar-refractivity contribution in [2.75, 3.05) is 13.7 Å². The van der Waals surface area contributed by atoms with E-state index in [0.29, 0.717) is 12.3 Å². The van der Waals surface area contributed by atoms with Crippen LogP contribution >= 0.6 is 0 Å². The first kappa shape index (κ1) is 13.1. The summed E-state index contributed by atoms with van der Waals surface area (Å²) < 4.78 is 10.5. The summed E-state index contributed by atoms with van der Waals surface area (Å²) in [7, 11) is 1.60. The fraction of sp³-hybridized carbons (Fsp3) is 0.308. The maximum atomic E-state index is 11.5. The van der Waals surface area contributed by atoms with Crippen molar-refractivity contribution in [1.82, 2.24) is 5.32 Å². The van der Waals surface area contributed by atoms with Crippen LogP contribution in [0, 0.1) is 0 Å². The Morgan fingerprint density at radius 3 is 2.53 bits per heavy atom. The average molecular weight is 235 g/mol. The van der Waals surface area contributed by atoms with Crippen molar-refractivity contribution in [2.45, 2.75) is 13.0 Å². The van der Waals surface area contributed by atoms with Crippen LogP contribution in [0.5, 0.6) is 11.5 Å². The second kappa shape index (κ2) is 6.58. The van der Waals surface area contributed by atoms with Crippen LogP contribution < -0.4 is 14.8 Å². The third kappa shape index (κ3) is 4.18. The summed E-state index contributed by atoms with van der Waals surface area (Å²) in [6, 6.07) is 7.08. The molecule has 1 aromatic carbocycles. The molecule has 0 saturated carbocycles. The van der Waals surface area contributed by atoms with Gasteiger partial charge in [0.1, 0.15) is 11.5 Å². The standard InChI is InChI=1S/C13H17NO3/c1-4-9-14-13(15)10(2)17-12-7-5-11(16-3)6-8-12/h4-8,10H,1,9H2,2-3H3,(H,14,15)/t10-/m0/s1. The molecular weight excluding hydrogens is 218 g/mol. The Labute approximate surface area is 101 Å². The number of hydrogen-bond acceptors (Lipinski definition) is 3. The molecule has 0 aliphatic heterocycles. The van der Waals surface area contributed by atoms with E-state index in [1.54, 1.807) is 44.4 Å². The molecule has 0 unspecified atom stereocenters. The normalized spacial score (nSPS) is 11.4. The second-order valence-electron chi connectivity index (χ2n) is 3.47. The summed E-state index contributed by atoms with van der Waals surface area (Å²) in [5.41, 5.74) is 0. The largest absolute Gasteiger partial charge is 0.497 e. The zero-order valence-corrected chi connectivity index (χ0v) is 10.1. The Morgan fingerprint density at radius 1 is 1.41 bits per heavy atom. The second-order valence-corrected chi connectivity index (χ2v) is 3.47. The molecule has 4 nitrogen and oxygen atoms in total. The first-order valence-electron chi connectivity index (χ1n) is 5.36. The van der Waals surface area contributed by atoms with Crippen LogP contribution in [0.2, 0.25) is 0 Å². The van der Waals surface area contributed by atoms with Gasteiger partial charge in [-0.2, -0.15) is 0 Å². The maximum absolute atomic E-state index is 11.5. The first-order chi connectivity index (χ1) is 8.17. The SMILES string of the molecule is C=CCNC(=O)[C@H](C)Oc1ccc(OC)cc1. The highest BCUT2D eigenvalue weighted by Gasteiger charge is 2.13. The molecule has 0 aromatic heterocycles. The van der Waals surface area contributed by atoms with Crippen LogP contribution in [-0.2, 0) is 4.79 Å². The summed E-state index contributed by atoms with van der Waals surface area (Å²) in [5, 5.41) is 2.67. The smallest absolute Gasteiger partial charge is 0.261 e. The number of ether oxygens (including phenoxy) is 2. The molecule has 0 saturated heterocycles. The van der Waals surface area contributed by atoms with Crippen LogP contribution in [0.3, 0.4) is 0 Å². The fourth-order valence-corrected chi connectivity index (χ4v) is 1.23. The van der Waals surface area contributed by atoms with Gasteiger partial charge in [0.15, 0.2) is 6.10 Å². The molecule has 1 aromatic rings. The quantitative estimate of drug-likeness (QED) is 0.764. The molecular formula is C13H17NO3. The summed E-state index contributed by atoms with van der Waals surface area (Å²) in [6.45, 7) is 5.66. The Balaban J connectivity index is 2.51. The van der Waals surface area contributed by atoms with Crippen LogP contribution in [0.4, 0.5) is 0 Å². The number of rotatable bonds is 6. The van der Waals surface area contributed by atoms with E-state index >= 15 is 0 Å². The van der Waals surface area contributed by atoms with E-state index in [-0.39, 0.29) is 5.91 Å². The monoisotopic (exact) mass is 235 g/mol. The summed E-state index contributed by atoms with van der Waals surface area (Å²) in [4.78, 5) is 11.5. The number of carbonyl (C=O) groups is 1. The number of hydrogen-bond donors (Lipinski definition) is 1. The van der Waals surface area contributed by atoms with Crippen molar-refractivity contribution in [2.24, 2.45) is 0 Å². The molecule has 0 bridgehead atoms. The third-order valence-electron chi connectivity index (χ3n) is 2.16. The number of carbonyl (C=O) groups excluding carboxylic acids is 1. The molecule has 1 atom stereocenters. The molecule has 1 amide bonds. The van der Waals surface area contributed by atoms with Crippen LogP contribution in [0.25, 0.3) is 0 Å². The molecule has 0 heterocycles. The highest BCUT2D eigenvalue weighted by molar-refractivity contribution is 5.80. The van der Waals surface area contributed by atoms with Crippen molar-refractivity contribution in [3.63, 3.8) is 0 Å². The molecule has 92 valence electrons. The van der Waals surface area contributed by atoms with Gasteiger partial charge in [0, 0.05) is 6.54 Å². The fourth-order valence-electron chi connectivity index (χ4n) is 1.23. The minimum atomic E-state index is -0.539. The first-order valence-corrected chi connectivity index (χ1v) is 5.36. The molecule has 0 fully saturated rings. The lowest BCUT2D eigenvalue weighted by Crippen LogP contribution is -2.36. The van der Waals surface area contributed by atoms with Gasteiger partial charge in [0.2, 0.25) is 0 Å². The molecule has 1 rings (SSSR count). The van der Waals surface area contributed by atoms with Crippen molar-refractivity contribution in [1.29, 1.82) is 0 Å². The van der Waals surface area contributed by atoms with Crippen LogP contribution in [0.1, 0.15) is 6.92 Å². The van der Waals surface area contributed by atoms with E-state index in [0.717, 1.165) is 5.75 Å². The van der Waals surface area contributed by atoms with Crippen molar-refractivity contribution >= 4 is 5.91 Å². The predicted octanol–water partition coefficient (Wildman–Crippen LogP) is 1.76. The van der Waals surface area contributed by atoms with Crippen LogP contribution in [0.15, 0.2) is 36.9 Å². The molecule has 0 aliphatic carbocycles. The van der Waals surface area contributed by atoms with Crippen LogP contribution in [-0.4, -0.2) is 25.7 Å². The molecule has 0 spiro atoms. The van der Waals surface area contributed by atoms with Gasteiger partial charge >= 0.3 is 0 Å². The Kier molecular flexibility index (Phi) is 5.07. The highest BCUT2D eigenvalue weighted by Crippen LogP contribution is 2.18. The van der Waals surface area contributed by atoms with Crippen molar-refractivity contribution < 1.29 is 14.3 Å². The van der Waals surface area contributed by atoms with E-state index < -0.39 is 6.10 Å². The summed E-state index contributed by atoms with van der Waals surface area (Å²) in [6.07, 6.45) is 1.08. The van der Waals surface area contributed by atoms with Crippen molar-refractivity contribution in [3.8, 4) is 11.5 Å². The van der Waals surface area contributed by atoms with E-state index in [1.165, 1.54) is 0 Å².